The average molecular weight is 198 g/mol. The van der Waals surface area contributed by atoms with E-state index in [0.717, 1.165) is 5.56 Å². The van der Waals surface area contributed by atoms with Gasteiger partial charge in [-0.2, -0.15) is 0 Å². The summed E-state index contributed by atoms with van der Waals surface area (Å²) in [6, 6.07) is 4.50. The first-order valence-corrected chi connectivity index (χ1v) is 4.72. The molecule has 0 aliphatic carbocycles. The van der Waals surface area contributed by atoms with Gasteiger partial charge in [0.2, 0.25) is 0 Å². The highest BCUT2D eigenvalue weighted by Crippen LogP contribution is 2.17. The Hall–Kier alpha value is -1.09. The van der Waals surface area contributed by atoms with Crippen LogP contribution in [0.25, 0.3) is 0 Å². The summed E-state index contributed by atoms with van der Waals surface area (Å²) in [6.07, 6.45) is -0.0241. The van der Waals surface area contributed by atoms with Crippen LogP contribution in [-0.4, -0.2) is 17.8 Å². The molecule has 78 valence electrons. The van der Waals surface area contributed by atoms with Gasteiger partial charge >= 0.3 is 0 Å². The van der Waals surface area contributed by atoms with Crippen molar-refractivity contribution in [3.8, 4) is 5.75 Å². The van der Waals surface area contributed by atoms with Gasteiger partial charge in [-0.1, -0.05) is 0 Å². The van der Waals surface area contributed by atoms with Crippen LogP contribution in [0.4, 0.5) is 4.39 Å². The highest BCUT2D eigenvalue weighted by molar-refractivity contribution is 5.30. The smallest absolute Gasteiger partial charge is 0.127 e. The summed E-state index contributed by atoms with van der Waals surface area (Å²) in [7, 11) is 0. The fourth-order valence-corrected chi connectivity index (χ4v) is 1.33. The lowest BCUT2D eigenvalue weighted by molar-refractivity contribution is 0.195. The fraction of sp³-hybridized carbons (Fsp3) is 0.455. The zero-order valence-electron chi connectivity index (χ0n) is 8.46. The Kier molecular flexibility index (Phi) is 3.89. The Morgan fingerprint density at radius 1 is 1.43 bits per heavy atom. The maximum atomic E-state index is 13.0. The van der Waals surface area contributed by atoms with E-state index in [1.807, 2.05) is 6.92 Å². The van der Waals surface area contributed by atoms with Crippen LogP contribution >= 0.6 is 0 Å². The minimum atomic E-state index is -0.466. The summed E-state index contributed by atoms with van der Waals surface area (Å²) in [6.45, 7) is 4.03. The normalized spacial score (nSPS) is 12.6. The van der Waals surface area contributed by atoms with Gasteiger partial charge in [0, 0.05) is 6.07 Å². The third-order valence-electron chi connectivity index (χ3n) is 1.77. The van der Waals surface area contributed by atoms with Crippen molar-refractivity contribution in [1.29, 1.82) is 0 Å². The number of ether oxygens (including phenoxy) is 1. The second kappa shape index (κ2) is 4.96. The lowest BCUT2D eigenvalue weighted by atomic mass is 10.1. The lowest BCUT2D eigenvalue weighted by Gasteiger charge is -2.08. The van der Waals surface area contributed by atoms with Crippen LogP contribution in [0.1, 0.15) is 19.4 Å². The van der Waals surface area contributed by atoms with Gasteiger partial charge in [-0.3, -0.25) is 0 Å². The van der Waals surface area contributed by atoms with Gasteiger partial charge in [-0.25, -0.2) is 4.39 Å². The number of rotatable bonds is 4. The maximum absolute atomic E-state index is 13.0. The topological polar surface area (TPSA) is 29.5 Å². The third-order valence-corrected chi connectivity index (χ3v) is 1.77. The van der Waals surface area contributed by atoms with E-state index < -0.39 is 6.10 Å². The van der Waals surface area contributed by atoms with Crippen molar-refractivity contribution < 1.29 is 14.2 Å². The largest absolute Gasteiger partial charge is 0.494 e. The van der Waals surface area contributed by atoms with E-state index in [2.05, 4.69) is 0 Å². The minimum Gasteiger partial charge on any atom is -0.494 e. The molecule has 0 aromatic heterocycles. The molecule has 1 N–H and O–H groups in total. The molecule has 1 rings (SSSR count). The molecule has 0 heterocycles. The number of halogens is 1. The van der Waals surface area contributed by atoms with Crippen LogP contribution in [0, 0.1) is 5.82 Å². The molecule has 0 radical (unpaired) electrons. The third kappa shape index (κ3) is 3.34. The van der Waals surface area contributed by atoms with Gasteiger partial charge in [0.25, 0.3) is 0 Å². The highest BCUT2D eigenvalue weighted by Gasteiger charge is 2.04. The lowest BCUT2D eigenvalue weighted by Crippen LogP contribution is -2.05. The average Bonchev–Trinajstić information content (AvgIpc) is 2.01. The molecule has 0 saturated carbocycles. The van der Waals surface area contributed by atoms with Crippen molar-refractivity contribution >= 4 is 0 Å². The van der Waals surface area contributed by atoms with Gasteiger partial charge in [-0.05, 0) is 38.0 Å². The first-order chi connectivity index (χ1) is 6.61. The highest BCUT2D eigenvalue weighted by atomic mass is 19.1. The van der Waals surface area contributed by atoms with Crippen LogP contribution in [0.5, 0.6) is 5.75 Å². The molecule has 2 nitrogen and oxygen atoms in total. The van der Waals surface area contributed by atoms with Crippen molar-refractivity contribution in [2.24, 2.45) is 0 Å². The molecule has 0 bridgehead atoms. The van der Waals surface area contributed by atoms with Crippen molar-refractivity contribution in [2.75, 3.05) is 6.61 Å². The van der Waals surface area contributed by atoms with Crippen molar-refractivity contribution in [3.05, 3.63) is 29.6 Å². The molecule has 0 spiro atoms. The molecule has 14 heavy (non-hydrogen) atoms. The Morgan fingerprint density at radius 2 is 2.14 bits per heavy atom. The Labute approximate surface area is 83.3 Å². The summed E-state index contributed by atoms with van der Waals surface area (Å²) in [5, 5.41) is 9.15. The molecule has 0 aliphatic heterocycles. The summed E-state index contributed by atoms with van der Waals surface area (Å²) in [4.78, 5) is 0. The van der Waals surface area contributed by atoms with E-state index in [4.69, 9.17) is 9.84 Å². The molecular weight excluding hydrogens is 183 g/mol. The Morgan fingerprint density at radius 3 is 2.71 bits per heavy atom. The summed E-state index contributed by atoms with van der Waals surface area (Å²) < 4.78 is 18.2. The fourth-order valence-electron chi connectivity index (χ4n) is 1.33. The zero-order valence-corrected chi connectivity index (χ0v) is 8.46. The monoisotopic (exact) mass is 198 g/mol. The predicted molar refractivity (Wildman–Crippen MR) is 53.0 cm³/mol. The summed E-state index contributed by atoms with van der Waals surface area (Å²) in [5.41, 5.74) is 0.753. The quantitative estimate of drug-likeness (QED) is 0.803. The molecule has 0 fully saturated rings. The summed E-state index contributed by atoms with van der Waals surface area (Å²) in [5.74, 6) is 0.190. The molecule has 0 saturated heterocycles. The van der Waals surface area contributed by atoms with Crippen molar-refractivity contribution in [2.45, 2.75) is 26.4 Å². The van der Waals surface area contributed by atoms with Crippen LogP contribution in [0.3, 0.4) is 0 Å². The van der Waals surface area contributed by atoms with Gasteiger partial charge in [-0.15, -0.1) is 0 Å². The van der Waals surface area contributed by atoms with E-state index in [9.17, 15) is 4.39 Å². The second-order valence-electron chi connectivity index (χ2n) is 3.28. The van der Waals surface area contributed by atoms with E-state index >= 15 is 0 Å². The molecule has 1 aromatic rings. The number of benzene rings is 1. The number of aliphatic hydroxyl groups is 1. The Bertz CT molecular complexity index is 297. The predicted octanol–water partition coefficient (Wildman–Crippen LogP) is 2.15. The number of aliphatic hydroxyl groups excluding tert-OH is 1. The standard InChI is InChI=1S/C11H15FO2/c1-3-14-11-6-9(4-8(2)13)5-10(12)7-11/h5-8,13H,3-4H2,1-2H3/t8-/m0/s1. The van der Waals surface area contributed by atoms with Gasteiger partial charge in [0.15, 0.2) is 0 Å². The molecule has 1 atom stereocenters. The van der Waals surface area contributed by atoms with E-state index in [-0.39, 0.29) is 5.82 Å². The number of hydrogen-bond donors (Lipinski definition) is 1. The van der Waals surface area contributed by atoms with E-state index in [1.54, 1.807) is 13.0 Å². The van der Waals surface area contributed by atoms with Crippen molar-refractivity contribution in [3.63, 3.8) is 0 Å². The van der Waals surface area contributed by atoms with Gasteiger partial charge < -0.3 is 9.84 Å². The molecule has 0 unspecified atom stereocenters. The molecule has 1 aromatic carbocycles. The molecular formula is C11H15FO2. The van der Waals surface area contributed by atoms with Crippen LogP contribution < -0.4 is 4.74 Å². The SMILES string of the molecule is CCOc1cc(F)cc(C[C@H](C)O)c1. The van der Waals surface area contributed by atoms with Crippen LogP contribution in [-0.2, 0) is 6.42 Å². The van der Waals surface area contributed by atoms with Crippen LogP contribution in [0.15, 0.2) is 18.2 Å². The summed E-state index contributed by atoms with van der Waals surface area (Å²) >= 11 is 0. The van der Waals surface area contributed by atoms with Crippen LogP contribution in [0.2, 0.25) is 0 Å². The van der Waals surface area contributed by atoms with Crippen molar-refractivity contribution in [1.82, 2.24) is 0 Å². The van der Waals surface area contributed by atoms with Gasteiger partial charge in [0.1, 0.15) is 11.6 Å². The molecule has 0 amide bonds. The first-order valence-electron chi connectivity index (χ1n) is 4.72. The number of hydrogen-bond acceptors (Lipinski definition) is 2. The second-order valence-corrected chi connectivity index (χ2v) is 3.28. The zero-order chi connectivity index (χ0) is 10.6. The molecule has 0 aliphatic rings. The Balaban J connectivity index is 2.83. The van der Waals surface area contributed by atoms with E-state index in [0.29, 0.717) is 18.8 Å². The maximum Gasteiger partial charge on any atom is 0.127 e. The minimum absolute atomic E-state index is 0.327. The van der Waals surface area contributed by atoms with Gasteiger partial charge in [0.05, 0.1) is 12.7 Å². The molecule has 3 heteroatoms. The van der Waals surface area contributed by atoms with E-state index in [1.165, 1.54) is 12.1 Å². The first kappa shape index (κ1) is 11.0.